The van der Waals surface area contributed by atoms with E-state index in [1.807, 2.05) is 6.08 Å². The van der Waals surface area contributed by atoms with Gasteiger partial charge >= 0.3 is 5.97 Å². The molecule has 0 radical (unpaired) electrons. The third-order valence-electron chi connectivity index (χ3n) is 11.7. The Morgan fingerprint density at radius 3 is 1.34 bits per heavy atom. The maximum atomic E-state index is 13.2. The number of carbonyl (C=O) groups excluding carboxylic acids is 2. The Morgan fingerprint density at radius 2 is 0.892 bits per heavy atom. The maximum Gasteiger partial charge on any atom is 0.306 e. The average molecular weight is 904 g/mol. The molecule has 3 N–H and O–H groups in total. The molecule has 0 bridgehead atoms. The largest absolute Gasteiger partial charge is 0.458 e. The van der Waals surface area contributed by atoms with Crippen LogP contribution in [-0.4, -0.2) is 46.9 Å². The molecule has 0 aliphatic heterocycles. The van der Waals surface area contributed by atoms with E-state index in [0.29, 0.717) is 19.3 Å². The normalized spacial score (nSPS) is 14.0. The van der Waals surface area contributed by atoms with Crippen molar-refractivity contribution in [3.63, 3.8) is 0 Å². The Kier molecular flexibility index (Phi) is 49.2. The van der Waals surface area contributed by atoms with Crippen molar-refractivity contribution in [1.29, 1.82) is 0 Å². The molecule has 3 atom stereocenters. The summed E-state index contributed by atoms with van der Waals surface area (Å²) < 4.78 is 5.83. The van der Waals surface area contributed by atoms with Crippen LogP contribution in [0.3, 0.4) is 0 Å². The standard InChI is InChI=1S/C59H101NO5/c1-4-7-10-13-16-19-22-24-26-28-30-32-34-37-40-43-46-49-52-59(64)65-55(50-47-44-41-38-36-33-31-29-27-25-23-20-17-14-11-8-5-2)53-58(63)60-56(54-61)57(62)51-48-45-42-39-35-21-18-15-12-9-6-3/h8,11,17,20,25-28,30-33,38,41,47,50,55-57,61-62H,4-7,9-10,12-16,18-19,21-24,29,34-37,39-40,42-46,48-49,51-54H2,1-3H3,(H,60,63)/b11-8-,20-17-,27-25-,28-26+,32-30+,33-31-,41-38-,50-47-. The Balaban J connectivity index is 4.79. The first-order valence-corrected chi connectivity index (χ1v) is 27.0. The lowest BCUT2D eigenvalue weighted by atomic mass is 10.0. The molecule has 0 aromatic heterocycles. The Labute approximate surface area is 401 Å². The summed E-state index contributed by atoms with van der Waals surface area (Å²) in [5, 5.41) is 23.7. The lowest BCUT2D eigenvalue weighted by molar-refractivity contribution is -0.148. The van der Waals surface area contributed by atoms with Gasteiger partial charge in [-0.3, -0.25) is 9.59 Å². The van der Waals surface area contributed by atoms with Gasteiger partial charge in [0.15, 0.2) is 0 Å². The van der Waals surface area contributed by atoms with Gasteiger partial charge in [-0.1, -0.05) is 240 Å². The molecule has 6 heteroatoms. The molecule has 0 aliphatic rings. The van der Waals surface area contributed by atoms with Crippen molar-refractivity contribution in [2.45, 2.75) is 257 Å². The molecule has 0 saturated carbocycles. The molecule has 65 heavy (non-hydrogen) atoms. The van der Waals surface area contributed by atoms with E-state index in [-0.39, 0.29) is 24.9 Å². The summed E-state index contributed by atoms with van der Waals surface area (Å²) in [6.45, 7) is 6.32. The van der Waals surface area contributed by atoms with E-state index in [1.165, 1.54) is 103 Å². The van der Waals surface area contributed by atoms with E-state index < -0.39 is 18.2 Å². The number of unbranched alkanes of at least 4 members (excludes halogenated alkanes) is 22. The highest BCUT2D eigenvalue weighted by atomic mass is 16.5. The maximum absolute atomic E-state index is 13.2. The molecule has 372 valence electrons. The number of aliphatic hydroxyl groups is 2. The van der Waals surface area contributed by atoms with Crippen molar-refractivity contribution in [1.82, 2.24) is 5.32 Å². The van der Waals surface area contributed by atoms with Gasteiger partial charge in [0.25, 0.3) is 0 Å². The summed E-state index contributed by atoms with van der Waals surface area (Å²) in [7, 11) is 0. The summed E-state index contributed by atoms with van der Waals surface area (Å²) in [6, 6.07) is -0.751. The molecular formula is C59H101NO5. The van der Waals surface area contributed by atoms with Gasteiger partial charge in [0, 0.05) is 6.42 Å². The number of allylic oxidation sites excluding steroid dienone is 15. The van der Waals surface area contributed by atoms with Gasteiger partial charge < -0.3 is 20.3 Å². The van der Waals surface area contributed by atoms with Crippen LogP contribution in [0.4, 0.5) is 0 Å². The van der Waals surface area contributed by atoms with E-state index in [2.05, 4.69) is 111 Å². The Bertz CT molecular complexity index is 1290. The second-order valence-electron chi connectivity index (χ2n) is 17.9. The Morgan fingerprint density at radius 1 is 0.492 bits per heavy atom. The highest BCUT2D eigenvalue weighted by Gasteiger charge is 2.23. The number of esters is 1. The molecule has 0 aromatic carbocycles. The molecule has 0 heterocycles. The predicted octanol–water partition coefficient (Wildman–Crippen LogP) is 16.5. The van der Waals surface area contributed by atoms with Gasteiger partial charge in [0.2, 0.25) is 5.91 Å². The van der Waals surface area contributed by atoms with Gasteiger partial charge in [-0.25, -0.2) is 0 Å². The van der Waals surface area contributed by atoms with Crippen LogP contribution in [0.1, 0.15) is 239 Å². The summed E-state index contributed by atoms with van der Waals surface area (Å²) in [6.07, 6.45) is 69.3. The third-order valence-corrected chi connectivity index (χ3v) is 11.7. The van der Waals surface area contributed by atoms with Gasteiger partial charge in [0.05, 0.1) is 25.2 Å². The van der Waals surface area contributed by atoms with Gasteiger partial charge in [-0.2, -0.15) is 0 Å². The topological polar surface area (TPSA) is 95.9 Å². The monoisotopic (exact) mass is 904 g/mol. The van der Waals surface area contributed by atoms with E-state index >= 15 is 0 Å². The number of aliphatic hydroxyl groups excluding tert-OH is 2. The van der Waals surface area contributed by atoms with Gasteiger partial charge in [-0.05, 0) is 83.1 Å². The fourth-order valence-electron chi connectivity index (χ4n) is 7.59. The lowest BCUT2D eigenvalue weighted by Gasteiger charge is -2.23. The minimum absolute atomic E-state index is 0.0581. The quantitative estimate of drug-likeness (QED) is 0.0245. The molecule has 0 saturated heterocycles. The van der Waals surface area contributed by atoms with Crippen molar-refractivity contribution in [3.8, 4) is 0 Å². The van der Waals surface area contributed by atoms with Crippen LogP contribution in [0.15, 0.2) is 97.2 Å². The van der Waals surface area contributed by atoms with Crippen molar-refractivity contribution in [3.05, 3.63) is 97.2 Å². The number of hydrogen-bond acceptors (Lipinski definition) is 5. The molecule has 0 fully saturated rings. The molecule has 0 rings (SSSR count). The SMILES string of the molecule is CC/C=C\C/C=C\C/C=C\C/C=C\C/C=C\C/C=C\C(CC(=O)NC(CO)C(O)CCCCCCCCCCCCC)OC(=O)CCCCCCC/C=C/C=C/CCCCCCCCC. The third kappa shape index (κ3) is 47.1. The zero-order chi connectivity index (χ0) is 47.4. The van der Waals surface area contributed by atoms with Crippen molar-refractivity contribution in [2.24, 2.45) is 0 Å². The van der Waals surface area contributed by atoms with Crippen LogP contribution < -0.4 is 5.32 Å². The highest BCUT2D eigenvalue weighted by Crippen LogP contribution is 2.15. The number of rotatable bonds is 47. The highest BCUT2D eigenvalue weighted by molar-refractivity contribution is 5.78. The van der Waals surface area contributed by atoms with E-state index in [4.69, 9.17) is 4.74 Å². The second kappa shape index (κ2) is 51.8. The van der Waals surface area contributed by atoms with Crippen LogP contribution in [0, 0.1) is 0 Å². The summed E-state index contributed by atoms with van der Waals surface area (Å²) in [5.41, 5.74) is 0. The number of carbonyl (C=O) groups is 2. The Hall–Kier alpha value is -3.22. The molecule has 6 nitrogen and oxygen atoms in total. The molecular weight excluding hydrogens is 803 g/mol. The fourth-order valence-corrected chi connectivity index (χ4v) is 7.59. The fraction of sp³-hybridized carbons (Fsp3) is 0.695. The first-order valence-electron chi connectivity index (χ1n) is 27.0. The predicted molar refractivity (Wildman–Crippen MR) is 282 cm³/mol. The average Bonchev–Trinajstić information content (AvgIpc) is 3.30. The van der Waals surface area contributed by atoms with Crippen LogP contribution in [0.5, 0.6) is 0 Å². The summed E-state index contributed by atoms with van der Waals surface area (Å²) in [5.74, 6) is -0.652. The van der Waals surface area contributed by atoms with Crippen LogP contribution >= 0.6 is 0 Å². The van der Waals surface area contributed by atoms with Crippen LogP contribution in [0.25, 0.3) is 0 Å². The van der Waals surface area contributed by atoms with Crippen molar-refractivity contribution >= 4 is 11.9 Å². The molecule has 3 unspecified atom stereocenters. The first-order chi connectivity index (χ1) is 32.0. The minimum Gasteiger partial charge on any atom is -0.458 e. The smallest absolute Gasteiger partial charge is 0.306 e. The zero-order valence-corrected chi connectivity index (χ0v) is 42.3. The van der Waals surface area contributed by atoms with Crippen LogP contribution in [0.2, 0.25) is 0 Å². The van der Waals surface area contributed by atoms with Crippen LogP contribution in [-0.2, 0) is 14.3 Å². The first kappa shape index (κ1) is 61.8. The minimum atomic E-state index is -0.827. The zero-order valence-electron chi connectivity index (χ0n) is 42.3. The molecule has 0 aromatic rings. The van der Waals surface area contributed by atoms with Gasteiger partial charge in [0.1, 0.15) is 6.10 Å². The number of nitrogens with one attached hydrogen (secondary N) is 1. The molecule has 0 spiro atoms. The lowest BCUT2D eigenvalue weighted by Crippen LogP contribution is -2.46. The van der Waals surface area contributed by atoms with Crippen molar-refractivity contribution in [2.75, 3.05) is 6.61 Å². The van der Waals surface area contributed by atoms with Crippen molar-refractivity contribution < 1.29 is 24.5 Å². The summed E-state index contributed by atoms with van der Waals surface area (Å²) >= 11 is 0. The van der Waals surface area contributed by atoms with E-state index in [9.17, 15) is 19.8 Å². The number of amides is 1. The molecule has 0 aliphatic carbocycles. The number of ether oxygens (including phenoxy) is 1. The van der Waals surface area contributed by atoms with Gasteiger partial charge in [-0.15, -0.1) is 0 Å². The summed E-state index contributed by atoms with van der Waals surface area (Å²) in [4.78, 5) is 26.1. The van der Waals surface area contributed by atoms with E-state index in [0.717, 1.165) is 89.9 Å². The molecule has 1 amide bonds. The number of hydrogen-bond donors (Lipinski definition) is 3. The van der Waals surface area contributed by atoms with E-state index in [1.54, 1.807) is 6.08 Å². The second-order valence-corrected chi connectivity index (χ2v) is 17.9.